The Morgan fingerprint density at radius 1 is 1.10 bits per heavy atom. The van der Waals surface area contributed by atoms with Gasteiger partial charge >= 0.3 is 11.9 Å². The van der Waals surface area contributed by atoms with Crippen molar-refractivity contribution in [3.63, 3.8) is 0 Å². The predicted molar refractivity (Wildman–Crippen MR) is 110 cm³/mol. The second-order valence-electron chi connectivity index (χ2n) is 7.54. The van der Waals surface area contributed by atoms with E-state index in [0.717, 1.165) is 11.1 Å². The number of esters is 2. The van der Waals surface area contributed by atoms with E-state index in [0.29, 0.717) is 38.1 Å². The van der Waals surface area contributed by atoms with Crippen LogP contribution in [-0.2, 0) is 23.9 Å². The minimum Gasteiger partial charge on any atom is -0.466 e. The highest BCUT2D eigenvalue weighted by atomic mass is 16.5. The first-order valence-electron chi connectivity index (χ1n) is 10.2. The number of nitrogens with zero attached hydrogens (tertiary/aromatic N) is 1. The van der Waals surface area contributed by atoms with Crippen molar-refractivity contribution in [2.24, 2.45) is 5.92 Å². The number of carbonyl (C=O) groups excluding carboxylic acids is 4. The smallest absolute Gasteiger partial charge is 0.326 e. The van der Waals surface area contributed by atoms with Crippen LogP contribution in [0.5, 0.6) is 0 Å². The van der Waals surface area contributed by atoms with Crippen LogP contribution in [0.3, 0.4) is 0 Å². The number of rotatable bonds is 7. The minimum atomic E-state index is -0.963. The van der Waals surface area contributed by atoms with Gasteiger partial charge in [-0.1, -0.05) is 17.2 Å². The molecular weight excluding hydrogens is 388 g/mol. The second kappa shape index (κ2) is 10.8. The zero-order valence-corrected chi connectivity index (χ0v) is 18.0. The molecule has 1 aromatic carbocycles. The summed E-state index contributed by atoms with van der Waals surface area (Å²) in [5, 5.41) is 2.52. The lowest BCUT2D eigenvalue weighted by Crippen LogP contribution is -2.46. The van der Waals surface area contributed by atoms with Gasteiger partial charge in [0.1, 0.15) is 6.54 Å². The van der Waals surface area contributed by atoms with Crippen molar-refractivity contribution >= 4 is 23.8 Å². The van der Waals surface area contributed by atoms with Gasteiger partial charge in [0, 0.05) is 18.7 Å². The van der Waals surface area contributed by atoms with E-state index in [4.69, 9.17) is 9.47 Å². The minimum absolute atomic E-state index is 0.202. The highest BCUT2D eigenvalue weighted by Crippen LogP contribution is 2.19. The van der Waals surface area contributed by atoms with E-state index in [2.05, 4.69) is 5.32 Å². The second-order valence-corrected chi connectivity index (χ2v) is 7.54. The number of benzene rings is 1. The first-order chi connectivity index (χ1) is 14.2. The molecule has 30 heavy (non-hydrogen) atoms. The van der Waals surface area contributed by atoms with Crippen molar-refractivity contribution in [1.29, 1.82) is 0 Å². The van der Waals surface area contributed by atoms with E-state index in [9.17, 15) is 19.2 Å². The van der Waals surface area contributed by atoms with E-state index in [1.165, 1.54) is 6.92 Å². The first kappa shape index (κ1) is 23.4. The predicted octanol–water partition coefficient (Wildman–Crippen LogP) is 1.77. The molecule has 0 bridgehead atoms. The van der Waals surface area contributed by atoms with Crippen LogP contribution >= 0.6 is 0 Å². The number of nitrogens with one attached hydrogen (secondary N) is 1. The van der Waals surface area contributed by atoms with Crippen molar-refractivity contribution in [1.82, 2.24) is 10.2 Å². The number of amides is 2. The molecule has 1 aliphatic heterocycles. The summed E-state index contributed by atoms with van der Waals surface area (Å²) in [5.74, 6) is -1.81. The topological polar surface area (TPSA) is 102 Å². The molecule has 0 aliphatic carbocycles. The Balaban J connectivity index is 1.78. The quantitative estimate of drug-likeness (QED) is 0.677. The standard InChI is InChI=1S/C22H30N2O6/c1-5-29-22(28)17-6-8-24(9-7-17)21(27)16(4)30-19(25)13-23-20(26)18-11-14(2)10-15(3)12-18/h10-12,16-17H,5-9,13H2,1-4H3,(H,23,26). The molecule has 0 aromatic heterocycles. The van der Waals surface area contributed by atoms with E-state index in [1.807, 2.05) is 19.9 Å². The first-order valence-corrected chi connectivity index (χ1v) is 10.2. The van der Waals surface area contributed by atoms with Gasteiger partial charge in [0.2, 0.25) is 0 Å². The van der Waals surface area contributed by atoms with Gasteiger partial charge in [-0.15, -0.1) is 0 Å². The van der Waals surface area contributed by atoms with Crippen LogP contribution in [0.2, 0.25) is 0 Å². The van der Waals surface area contributed by atoms with Crippen LogP contribution in [-0.4, -0.2) is 61.0 Å². The molecule has 8 heteroatoms. The summed E-state index contributed by atoms with van der Waals surface area (Å²) in [6.45, 7) is 7.88. The molecule has 164 valence electrons. The number of carbonyl (C=O) groups is 4. The fourth-order valence-corrected chi connectivity index (χ4v) is 3.50. The Kier molecular flexibility index (Phi) is 8.38. The molecular formula is C22H30N2O6. The maximum absolute atomic E-state index is 12.5. The zero-order chi connectivity index (χ0) is 22.3. The van der Waals surface area contributed by atoms with Crippen molar-refractivity contribution in [3.8, 4) is 0 Å². The molecule has 0 spiro atoms. The van der Waals surface area contributed by atoms with Gasteiger partial charge in [-0.25, -0.2) is 0 Å². The van der Waals surface area contributed by atoms with Crippen LogP contribution in [0.25, 0.3) is 0 Å². The Bertz CT molecular complexity index is 779. The molecule has 0 saturated carbocycles. The number of piperidine rings is 1. The third kappa shape index (κ3) is 6.57. The number of ether oxygens (including phenoxy) is 2. The maximum Gasteiger partial charge on any atom is 0.326 e. The third-order valence-corrected chi connectivity index (χ3v) is 4.96. The molecule has 1 N–H and O–H groups in total. The van der Waals surface area contributed by atoms with Crippen molar-refractivity contribution < 1.29 is 28.7 Å². The highest BCUT2D eigenvalue weighted by Gasteiger charge is 2.31. The average molecular weight is 418 g/mol. The van der Waals surface area contributed by atoms with Crippen LogP contribution < -0.4 is 5.32 Å². The third-order valence-electron chi connectivity index (χ3n) is 4.96. The SMILES string of the molecule is CCOC(=O)C1CCN(C(=O)C(C)OC(=O)CNC(=O)c2cc(C)cc(C)c2)CC1. The van der Waals surface area contributed by atoms with E-state index < -0.39 is 12.1 Å². The van der Waals surface area contributed by atoms with E-state index in [-0.39, 0.29) is 30.2 Å². The summed E-state index contributed by atoms with van der Waals surface area (Å²) < 4.78 is 10.2. The number of aryl methyl sites for hydroxylation is 2. The molecule has 1 fully saturated rings. The summed E-state index contributed by atoms with van der Waals surface area (Å²) in [4.78, 5) is 50.2. The normalized spacial score (nSPS) is 15.3. The molecule has 1 saturated heterocycles. The van der Waals surface area contributed by atoms with Crippen molar-refractivity contribution in [3.05, 3.63) is 34.9 Å². The lowest BCUT2D eigenvalue weighted by Gasteiger charge is -2.32. The van der Waals surface area contributed by atoms with Gasteiger partial charge in [-0.05, 0) is 52.7 Å². The molecule has 0 radical (unpaired) electrons. The van der Waals surface area contributed by atoms with E-state index in [1.54, 1.807) is 24.0 Å². The lowest BCUT2D eigenvalue weighted by atomic mass is 9.97. The number of hydrogen-bond donors (Lipinski definition) is 1. The van der Waals surface area contributed by atoms with Gasteiger partial charge < -0.3 is 19.7 Å². The average Bonchev–Trinajstić information content (AvgIpc) is 2.71. The van der Waals surface area contributed by atoms with Gasteiger partial charge in [0.15, 0.2) is 6.10 Å². The molecule has 2 rings (SSSR count). The monoisotopic (exact) mass is 418 g/mol. The Morgan fingerprint density at radius 2 is 1.70 bits per heavy atom. The molecule has 1 aliphatic rings. The zero-order valence-electron chi connectivity index (χ0n) is 18.0. The van der Waals surface area contributed by atoms with Gasteiger partial charge in [0.05, 0.1) is 12.5 Å². The summed E-state index contributed by atoms with van der Waals surface area (Å²) in [6, 6.07) is 5.42. The molecule has 1 unspecified atom stereocenters. The summed E-state index contributed by atoms with van der Waals surface area (Å²) in [6.07, 6.45) is 0.0868. The number of likely N-dealkylation sites (tertiary alicyclic amines) is 1. The van der Waals surface area contributed by atoms with Crippen LogP contribution in [0, 0.1) is 19.8 Å². The summed E-state index contributed by atoms with van der Waals surface area (Å²) in [7, 11) is 0. The number of hydrogen-bond acceptors (Lipinski definition) is 6. The van der Waals surface area contributed by atoms with Crippen molar-refractivity contribution in [2.45, 2.75) is 46.6 Å². The molecule has 2 amide bonds. The summed E-state index contributed by atoms with van der Waals surface area (Å²) >= 11 is 0. The summed E-state index contributed by atoms with van der Waals surface area (Å²) in [5.41, 5.74) is 2.37. The Morgan fingerprint density at radius 3 is 2.27 bits per heavy atom. The molecule has 1 heterocycles. The fraction of sp³-hybridized carbons (Fsp3) is 0.545. The maximum atomic E-state index is 12.5. The van der Waals surface area contributed by atoms with Gasteiger partial charge in [-0.3, -0.25) is 19.2 Å². The lowest BCUT2D eigenvalue weighted by molar-refractivity contribution is -0.160. The fourth-order valence-electron chi connectivity index (χ4n) is 3.50. The molecule has 1 aromatic rings. The van der Waals surface area contributed by atoms with Gasteiger partial charge in [-0.2, -0.15) is 0 Å². The van der Waals surface area contributed by atoms with Gasteiger partial charge in [0.25, 0.3) is 11.8 Å². The van der Waals surface area contributed by atoms with Crippen LogP contribution in [0.4, 0.5) is 0 Å². The Hall–Kier alpha value is -2.90. The highest BCUT2D eigenvalue weighted by molar-refractivity contribution is 5.96. The Labute approximate surface area is 176 Å². The molecule has 8 nitrogen and oxygen atoms in total. The largest absolute Gasteiger partial charge is 0.466 e. The molecule has 1 atom stereocenters. The van der Waals surface area contributed by atoms with Crippen LogP contribution in [0.15, 0.2) is 18.2 Å². The van der Waals surface area contributed by atoms with Crippen molar-refractivity contribution in [2.75, 3.05) is 26.2 Å². The van der Waals surface area contributed by atoms with E-state index >= 15 is 0 Å². The van der Waals surface area contributed by atoms with Crippen LogP contribution in [0.1, 0.15) is 48.2 Å².